The summed E-state index contributed by atoms with van der Waals surface area (Å²) in [6.45, 7) is 0. The van der Waals surface area contributed by atoms with Crippen LogP contribution in [0.1, 0.15) is 5.69 Å². The molecule has 0 aliphatic carbocycles. The number of nitro groups is 1. The first-order chi connectivity index (χ1) is 10.9. The molecule has 0 aliphatic rings. The number of nitrogens with zero attached hydrogens (tertiary/aromatic N) is 4. The number of hydrogen-bond acceptors (Lipinski definition) is 4. The molecule has 0 saturated heterocycles. The molecule has 23 heavy (non-hydrogen) atoms. The molecule has 0 N–H and O–H groups in total. The lowest BCUT2D eigenvalue weighted by Gasteiger charge is -2.03. The summed E-state index contributed by atoms with van der Waals surface area (Å²) >= 11 is 3.06. The van der Waals surface area contributed by atoms with Gasteiger partial charge in [-0.3, -0.25) is 10.1 Å². The first-order valence-electron chi connectivity index (χ1n) is 6.22. The molecule has 2 aromatic carbocycles. The second-order valence-corrected chi connectivity index (χ2v) is 5.45. The number of hydrogen-bond donors (Lipinski definition) is 0. The van der Waals surface area contributed by atoms with E-state index in [1.165, 1.54) is 18.2 Å². The quantitative estimate of drug-likeness (QED) is 0.297. The zero-order chi connectivity index (χ0) is 16.7. The minimum Gasteiger partial charge on any atom is -0.595 e. The Kier molecular flexibility index (Phi) is 3.46. The van der Waals surface area contributed by atoms with Gasteiger partial charge >= 0.3 is 0 Å². The summed E-state index contributed by atoms with van der Waals surface area (Å²) in [7, 11) is 0. The van der Waals surface area contributed by atoms with Crippen LogP contribution in [0.25, 0.3) is 16.6 Å². The molecule has 3 aromatic rings. The SMILES string of the molecule is N#Cc1c2cc(Br)c([N+](=O)[O-])cc2[n+]([O-])n1-c1ccc(F)cc1. The number of benzene rings is 2. The number of aromatic nitrogens is 2. The number of rotatable bonds is 2. The van der Waals surface area contributed by atoms with Crippen LogP contribution < -0.4 is 4.85 Å². The van der Waals surface area contributed by atoms with Crippen molar-refractivity contribution < 1.29 is 14.2 Å². The summed E-state index contributed by atoms with van der Waals surface area (Å²) in [6, 6.07) is 9.33. The molecule has 0 spiro atoms. The number of nitriles is 1. The third kappa shape index (κ3) is 2.29. The van der Waals surface area contributed by atoms with Gasteiger partial charge in [0.15, 0.2) is 5.69 Å². The van der Waals surface area contributed by atoms with Gasteiger partial charge in [0.1, 0.15) is 17.6 Å². The number of nitro benzene ring substituents is 1. The van der Waals surface area contributed by atoms with Gasteiger partial charge in [-0.2, -0.15) is 5.26 Å². The van der Waals surface area contributed by atoms with Gasteiger partial charge in [-0.05, 0) is 46.3 Å². The maximum absolute atomic E-state index is 13.0. The predicted octanol–water partition coefficient (Wildman–Crippen LogP) is 2.95. The fourth-order valence-corrected chi connectivity index (χ4v) is 2.76. The largest absolute Gasteiger partial charge is 0.595 e. The normalized spacial score (nSPS) is 10.7. The van der Waals surface area contributed by atoms with Crippen LogP contribution in [0.15, 0.2) is 40.9 Å². The molecule has 0 bridgehead atoms. The summed E-state index contributed by atoms with van der Waals surface area (Å²) in [5, 5.41) is 33.1. The summed E-state index contributed by atoms with van der Waals surface area (Å²) in [6.07, 6.45) is 0. The maximum atomic E-state index is 13.0. The zero-order valence-corrected chi connectivity index (χ0v) is 12.8. The van der Waals surface area contributed by atoms with Crippen LogP contribution in [0.5, 0.6) is 0 Å². The Hall–Kier alpha value is -2.99. The Bertz CT molecular complexity index is 992. The van der Waals surface area contributed by atoms with Gasteiger partial charge < -0.3 is 5.21 Å². The molecule has 1 heterocycles. The van der Waals surface area contributed by atoms with Gasteiger partial charge in [0.2, 0.25) is 0 Å². The summed E-state index contributed by atoms with van der Waals surface area (Å²) in [5.74, 6) is -0.486. The van der Waals surface area contributed by atoms with E-state index in [9.17, 15) is 25.0 Å². The maximum Gasteiger partial charge on any atom is 0.290 e. The molecular formula is C14H6BrFN4O3. The first-order valence-corrected chi connectivity index (χ1v) is 7.01. The highest BCUT2D eigenvalue weighted by molar-refractivity contribution is 9.10. The molecule has 0 amide bonds. The van der Waals surface area contributed by atoms with Crippen molar-refractivity contribution in [3.8, 4) is 11.8 Å². The smallest absolute Gasteiger partial charge is 0.290 e. The van der Waals surface area contributed by atoms with E-state index in [0.717, 1.165) is 22.9 Å². The predicted molar refractivity (Wildman–Crippen MR) is 81.3 cm³/mol. The Balaban J connectivity index is 2.39. The van der Waals surface area contributed by atoms with Crippen LogP contribution in [0.3, 0.4) is 0 Å². The lowest BCUT2D eigenvalue weighted by molar-refractivity contribution is -0.659. The minimum atomic E-state index is -0.634. The fraction of sp³-hybridized carbons (Fsp3) is 0. The number of halogens is 2. The van der Waals surface area contributed by atoms with Crippen LogP contribution in [0.2, 0.25) is 0 Å². The van der Waals surface area contributed by atoms with Crippen LogP contribution in [-0.2, 0) is 0 Å². The molecule has 0 fully saturated rings. The van der Waals surface area contributed by atoms with Crippen molar-refractivity contribution in [2.75, 3.05) is 0 Å². The van der Waals surface area contributed by atoms with E-state index < -0.39 is 10.7 Å². The van der Waals surface area contributed by atoms with Crippen LogP contribution in [0.4, 0.5) is 10.1 Å². The second-order valence-electron chi connectivity index (χ2n) is 4.60. The second kappa shape index (κ2) is 5.33. The van der Waals surface area contributed by atoms with E-state index in [2.05, 4.69) is 15.9 Å². The first kappa shape index (κ1) is 14.9. The van der Waals surface area contributed by atoms with Crippen LogP contribution in [0, 0.1) is 32.5 Å². The standard InChI is InChI=1S/C14H6BrFN4O3/c15-11-5-10-12(6-13(11)20(22)23)19(21)18(14(10)7-17)9-3-1-8(16)2-4-9/h1-6H. The molecular weight excluding hydrogens is 371 g/mol. The van der Waals surface area contributed by atoms with E-state index in [4.69, 9.17) is 0 Å². The van der Waals surface area contributed by atoms with E-state index in [1.54, 1.807) is 0 Å². The Morgan fingerprint density at radius 1 is 1.30 bits per heavy atom. The number of fused-ring (bicyclic) bond motifs is 1. The lowest BCUT2D eigenvalue weighted by Crippen LogP contribution is -2.37. The van der Waals surface area contributed by atoms with Gasteiger partial charge in [0.05, 0.1) is 20.8 Å². The van der Waals surface area contributed by atoms with Gasteiger partial charge in [-0.15, -0.1) is 0 Å². The van der Waals surface area contributed by atoms with Crippen molar-refractivity contribution in [3.05, 3.63) is 67.7 Å². The van der Waals surface area contributed by atoms with E-state index in [-0.39, 0.29) is 32.4 Å². The lowest BCUT2D eigenvalue weighted by atomic mass is 10.2. The molecule has 0 atom stereocenters. The van der Waals surface area contributed by atoms with E-state index in [0.29, 0.717) is 4.85 Å². The Morgan fingerprint density at radius 2 is 1.96 bits per heavy atom. The summed E-state index contributed by atoms with van der Waals surface area (Å²) < 4.78 is 14.2. The average molecular weight is 377 g/mol. The Morgan fingerprint density at radius 3 is 2.52 bits per heavy atom. The molecule has 1 aromatic heterocycles. The Labute approximate surface area is 136 Å². The summed E-state index contributed by atoms with van der Waals surface area (Å²) in [4.78, 5) is 10.7. The van der Waals surface area contributed by atoms with Crippen LogP contribution in [-0.4, -0.2) is 9.61 Å². The third-order valence-corrected chi connectivity index (χ3v) is 3.93. The van der Waals surface area contributed by atoms with Gasteiger partial charge in [0, 0.05) is 0 Å². The molecule has 0 radical (unpaired) electrons. The van der Waals surface area contributed by atoms with E-state index >= 15 is 0 Å². The summed E-state index contributed by atoms with van der Waals surface area (Å²) in [5.41, 5.74) is -0.0475. The molecule has 3 rings (SSSR count). The van der Waals surface area contributed by atoms with Gasteiger partial charge in [0.25, 0.3) is 11.2 Å². The average Bonchev–Trinajstić information content (AvgIpc) is 2.78. The minimum absolute atomic E-state index is 0.00259. The molecule has 9 heteroatoms. The molecule has 0 saturated carbocycles. The van der Waals surface area contributed by atoms with Crippen molar-refractivity contribution in [1.82, 2.24) is 4.68 Å². The van der Waals surface area contributed by atoms with Crippen molar-refractivity contribution in [2.45, 2.75) is 0 Å². The molecule has 0 aliphatic heterocycles. The third-order valence-electron chi connectivity index (χ3n) is 3.29. The zero-order valence-electron chi connectivity index (χ0n) is 11.2. The van der Waals surface area contributed by atoms with Crippen molar-refractivity contribution in [1.29, 1.82) is 5.26 Å². The van der Waals surface area contributed by atoms with Crippen molar-refractivity contribution >= 4 is 32.5 Å². The molecule has 0 unspecified atom stereocenters. The highest BCUT2D eigenvalue weighted by Gasteiger charge is 2.26. The topological polar surface area (TPSA) is 98.8 Å². The monoisotopic (exact) mass is 376 g/mol. The van der Waals surface area contributed by atoms with Crippen molar-refractivity contribution in [3.63, 3.8) is 0 Å². The molecule has 114 valence electrons. The van der Waals surface area contributed by atoms with Crippen LogP contribution >= 0.6 is 15.9 Å². The van der Waals surface area contributed by atoms with Gasteiger partial charge in [-0.25, -0.2) is 4.39 Å². The highest BCUT2D eigenvalue weighted by atomic mass is 79.9. The molecule has 7 nitrogen and oxygen atoms in total. The highest BCUT2D eigenvalue weighted by Crippen LogP contribution is 2.31. The van der Waals surface area contributed by atoms with Gasteiger partial charge in [-0.1, -0.05) is 9.53 Å². The van der Waals surface area contributed by atoms with E-state index in [1.807, 2.05) is 6.07 Å². The fourth-order valence-electron chi connectivity index (χ4n) is 2.28. The van der Waals surface area contributed by atoms with Crippen molar-refractivity contribution in [2.24, 2.45) is 0 Å².